The minimum Gasteiger partial charge on any atom is -0.444 e. The van der Waals surface area contributed by atoms with Gasteiger partial charge in [0.05, 0.1) is 0 Å². The second kappa shape index (κ2) is 3.74. The normalized spacial score (nSPS) is 29.9. The van der Waals surface area contributed by atoms with E-state index < -0.39 is 17.2 Å². The monoisotopic (exact) mass is 210 g/mol. The van der Waals surface area contributed by atoms with Crippen molar-refractivity contribution in [2.24, 2.45) is 5.73 Å². The van der Waals surface area contributed by atoms with E-state index in [4.69, 9.17) is 16.9 Å². The zero-order chi connectivity index (χ0) is 11.7. The van der Waals surface area contributed by atoms with Gasteiger partial charge >= 0.3 is 6.09 Å². The third-order valence-corrected chi connectivity index (χ3v) is 2.24. The number of hydrogen-bond acceptors (Lipinski definition) is 3. The average Bonchev–Trinajstić information content (AvgIpc) is 1.97. The van der Waals surface area contributed by atoms with Crippen LogP contribution in [0.25, 0.3) is 0 Å². The van der Waals surface area contributed by atoms with Crippen LogP contribution in [-0.2, 0) is 4.74 Å². The molecule has 1 aliphatic carbocycles. The molecule has 1 aliphatic rings. The number of nitrogens with two attached hydrogens (primary N) is 1. The first-order valence-corrected chi connectivity index (χ1v) is 5.01. The molecule has 4 heteroatoms. The summed E-state index contributed by atoms with van der Waals surface area (Å²) in [7, 11) is 0. The van der Waals surface area contributed by atoms with Crippen molar-refractivity contribution >= 4 is 6.09 Å². The fourth-order valence-electron chi connectivity index (χ4n) is 1.59. The van der Waals surface area contributed by atoms with E-state index >= 15 is 0 Å². The molecule has 4 nitrogen and oxygen atoms in total. The molecule has 0 spiro atoms. The standard InChI is InChI=1S/C11H18N2O2/c1-5-11(6-8(12)7-11)13-9(14)15-10(2,3)4/h1,8H,6-7,12H2,2-4H3,(H,13,14). The Labute approximate surface area is 90.5 Å². The minimum atomic E-state index is -0.595. The van der Waals surface area contributed by atoms with E-state index in [1.807, 2.05) is 20.8 Å². The molecule has 0 atom stereocenters. The van der Waals surface area contributed by atoms with Gasteiger partial charge in [0.15, 0.2) is 0 Å². The first kappa shape index (κ1) is 11.9. The van der Waals surface area contributed by atoms with Gasteiger partial charge in [0, 0.05) is 6.04 Å². The lowest BCUT2D eigenvalue weighted by Crippen LogP contribution is -2.61. The van der Waals surface area contributed by atoms with Gasteiger partial charge in [-0.05, 0) is 33.6 Å². The maximum absolute atomic E-state index is 11.5. The third-order valence-electron chi connectivity index (χ3n) is 2.24. The van der Waals surface area contributed by atoms with Crippen LogP contribution in [0.2, 0.25) is 0 Å². The van der Waals surface area contributed by atoms with Crippen LogP contribution < -0.4 is 11.1 Å². The topological polar surface area (TPSA) is 64.3 Å². The number of amides is 1. The van der Waals surface area contributed by atoms with Gasteiger partial charge in [0.2, 0.25) is 0 Å². The van der Waals surface area contributed by atoms with Crippen molar-refractivity contribution in [1.29, 1.82) is 0 Å². The molecule has 0 saturated heterocycles. The van der Waals surface area contributed by atoms with Crippen LogP contribution in [0.4, 0.5) is 4.79 Å². The van der Waals surface area contributed by atoms with E-state index in [0.29, 0.717) is 12.8 Å². The molecule has 84 valence electrons. The Morgan fingerprint density at radius 1 is 1.60 bits per heavy atom. The molecule has 1 amide bonds. The molecule has 1 rings (SSSR count). The Morgan fingerprint density at radius 2 is 2.13 bits per heavy atom. The highest BCUT2D eigenvalue weighted by molar-refractivity contribution is 5.70. The van der Waals surface area contributed by atoms with Crippen molar-refractivity contribution < 1.29 is 9.53 Å². The lowest BCUT2D eigenvalue weighted by atomic mass is 9.74. The number of nitrogens with one attached hydrogen (secondary N) is 1. The van der Waals surface area contributed by atoms with E-state index in [0.717, 1.165) is 0 Å². The smallest absolute Gasteiger partial charge is 0.408 e. The molecule has 1 fully saturated rings. The van der Waals surface area contributed by atoms with Crippen molar-refractivity contribution in [3.8, 4) is 12.3 Å². The number of carbonyl (C=O) groups excluding carboxylic acids is 1. The maximum Gasteiger partial charge on any atom is 0.408 e. The summed E-state index contributed by atoms with van der Waals surface area (Å²) < 4.78 is 5.12. The van der Waals surface area contributed by atoms with Gasteiger partial charge in [0.25, 0.3) is 0 Å². The summed E-state index contributed by atoms with van der Waals surface area (Å²) in [6.45, 7) is 5.42. The highest BCUT2D eigenvalue weighted by Gasteiger charge is 2.43. The molecule has 0 heterocycles. The second-order valence-electron chi connectivity index (χ2n) is 5.02. The SMILES string of the molecule is C#CC1(NC(=O)OC(C)(C)C)CC(N)C1. The quantitative estimate of drug-likeness (QED) is 0.635. The molecule has 0 bridgehead atoms. The Kier molecular flexibility index (Phi) is 2.96. The van der Waals surface area contributed by atoms with Crippen LogP contribution in [0.1, 0.15) is 33.6 Å². The van der Waals surface area contributed by atoms with Crippen LogP contribution in [0.15, 0.2) is 0 Å². The summed E-state index contributed by atoms with van der Waals surface area (Å²) in [5.74, 6) is 2.57. The number of rotatable bonds is 1. The number of terminal acetylenes is 1. The van der Waals surface area contributed by atoms with E-state index in [-0.39, 0.29) is 6.04 Å². The van der Waals surface area contributed by atoms with Crippen LogP contribution in [0, 0.1) is 12.3 Å². The summed E-state index contributed by atoms with van der Waals surface area (Å²) in [5, 5.41) is 2.69. The molecule has 1 saturated carbocycles. The van der Waals surface area contributed by atoms with Gasteiger partial charge in [-0.2, -0.15) is 0 Å². The minimum absolute atomic E-state index is 0.0796. The molecule has 0 unspecified atom stereocenters. The molecule has 0 aliphatic heterocycles. The van der Waals surface area contributed by atoms with Gasteiger partial charge in [-0.1, -0.05) is 5.92 Å². The predicted octanol–water partition coefficient (Wildman–Crippen LogP) is 1.00. The molecule has 0 aromatic heterocycles. The first-order valence-electron chi connectivity index (χ1n) is 5.01. The number of carbonyl (C=O) groups is 1. The number of ether oxygens (including phenoxy) is 1. The molecular formula is C11H18N2O2. The summed E-state index contributed by atoms with van der Waals surface area (Å²) in [6.07, 6.45) is 6.12. The molecule has 0 aromatic carbocycles. The van der Waals surface area contributed by atoms with Gasteiger partial charge in [-0.25, -0.2) is 4.79 Å². The van der Waals surface area contributed by atoms with Gasteiger partial charge < -0.3 is 15.8 Å². The molecule has 15 heavy (non-hydrogen) atoms. The lowest BCUT2D eigenvalue weighted by Gasteiger charge is -2.42. The van der Waals surface area contributed by atoms with E-state index in [2.05, 4.69) is 11.2 Å². The largest absolute Gasteiger partial charge is 0.444 e. The summed E-state index contributed by atoms with van der Waals surface area (Å²) in [5.41, 5.74) is 4.54. The highest BCUT2D eigenvalue weighted by Crippen LogP contribution is 2.30. The van der Waals surface area contributed by atoms with Crippen molar-refractivity contribution in [2.45, 2.75) is 50.8 Å². The van der Waals surface area contributed by atoms with Crippen molar-refractivity contribution in [3.05, 3.63) is 0 Å². The molecule has 0 radical (unpaired) electrons. The number of alkyl carbamates (subject to hydrolysis) is 1. The average molecular weight is 210 g/mol. The van der Waals surface area contributed by atoms with Gasteiger partial charge in [-0.15, -0.1) is 6.42 Å². The fraction of sp³-hybridized carbons (Fsp3) is 0.727. The highest BCUT2D eigenvalue weighted by atomic mass is 16.6. The van der Waals surface area contributed by atoms with Crippen molar-refractivity contribution in [1.82, 2.24) is 5.32 Å². The fourth-order valence-corrected chi connectivity index (χ4v) is 1.59. The second-order valence-corrected chi connectivity index (χ2v) is 5.02. The predicted molar refractivity (Wildman–Crippen MR) is 58.1 cm³/mol. The van der Waals surface area contributed by atoms with Crippen LogP contribution in [-0.4, -0.2) is 23.3 Å². The van der Waals surface area contributed by atoms with Gasteiger partial charge in [-0.3, -0.25) is 0 Å². The Bertz CT molecular complexity index is 293. The van der Waals surface area contributed by atoms with Gasteiger partial charge in [0.1, 0.15) is 11.1 Å². The first-order chi connectivity index (χ1) is 6.76. The third kappa shape index (κ3) is 3.14. The Balaban J connectivity index is 2.48. The molecular weight excluding hydrogens is 192 g/mol. The van der Waals surface area contributed by atoms with Crippen molar-refractivity contribution in [3.63, 3.8) is 0 Å². The zero-order valence-corrected chi connectivity index (χ0v) is 9.46. The zero-order valence-electron chi connectivity index (χ0n) is 9.46. The Hall–Kier alpha value is -1.21. The van der Waals surface area contributed by atoms with E-state index in [1.165, 1.54) is 0 Å². The Morgan fingerprint density at radius 3 is 2.47 bits per heavy atom. The van der Waals surface area contributed by atoms with E-state index in [1.54, 1.807) is 0 Å². The van der Waals surface area contributed by atoms with Crippen LogP contribution in [0.3, 0.4) is 0 Å². The molecule has 3 N–H and O–H groups in total. The summed E-state index contributed by atoms with van der Waals surface area (Å²) >= 11 is 0. The molecule has 0 aromatic rings. The van der Waals surface area contributed by atoms with Crippen molar-refractivity contribution in [2.75, 3.05) is 0 Å². The van der Waals surface area contributed by atoms with E-state index in [9.17, 15) is 4.79 Å². The summed E-state index contributed by atoms with van der Waals surface area (Å²) in [6, 6.07) is 0.0796. The van der Waals surface area contributed by atoms with Crippen LogP contribution in [0.5, 0.6) is 0 Å². The number of hydrogen-bond donors (Lipinski definition) is 2. The van der Waals surface area contributed by atoms with Crippen LogP contribution >= 0.6 is 0 Å². The lowest BCUT2D eigenvalue weighted by molar-refractivity contribution is 0.0427. The maximum atomic E-state index is 11.5. The summed E-state index contributed by atoms with van der Waals surface area (Å²) in [4.78, 5) is 11.5.